The summed E-state index contributed by atoms with van der Waals surface area (Å²) in [6, 6.07) is 6.51. The molecule has 0 atom stereocenters. The van der Waals surface area contributed by atoms with Gasteiger partial charge in [0.25, 0.3) is 0 Å². The lowest BCUT2D eigenvalue weighted by Crippen LogP contribution is -2.14. The fourth-order valence-corrected chi connectivity index (χ4v) is 2.00. The molecule has 2 aromatic rings. The zero-order chi connectivity index (χ0) is 14.2. The van der Waals surface area contributed by atoms with Crippen LogP contribution in [-0.4, -0.2) is 9.97 Å². The van der Waals surface area contributed by atoms with Crippen molar-refractivity contribution in [1.29, 1.82) is 0 Å². The third kappa shape index (κ3) is 3.31. The van der Waals surface area contributed by atoms with Crippen LogP contribution in [0.25, 0.3) is 11.4 Å². The topological polar surface area (TPSA) is 25.8 Å². The Kier molecular flexibility index (Phi) is 3.92. The fourth-order valence-electron chi connectivity index (χ4n) is 1.57. The Hall–Kier alpha value is -1.00. The van der Waals surface area contributed by atoms with Crippen LogP contribution in [0.1, 0.15) is 26.5 Å². The lowest BCUT2D eigenvalue weighted by Gasteiger charge is -2.18. The first-order chi connectivity index (χ1) is 8.77. The van der Waals surface area contributed by atoms with Crippen molar-refractivity contribution in [2.24, 2.45) is 0 Å². The van der Waals surface area contributed by atoms with Crippen LogP contribution in [0.3, 0.4) is 0 Å². The molecule has 0 aliphatic carbocycles. The molecular formula is C14H13BrClFN2. The summed E-state index contributed by atoms with van der Waals surface area (Å²) in [6.07, 6.45) is 0. The summed E-state index contributed by atoms with van der Waals surface area (Å²) in [5.41, 5.74) is 1.29. The maximum atomic E-state index is 13.6. The van der Waals surface area contributed by atoms with Crippen LogP contribution in [0.2, 0.25) is 5.15 Å². The first-order valence-corrected chi connectivity index (χ1v) is 6.95. The quantitative estimate of drug-likeness (QED) is 0.681. The molecule has 19 heavy (non-hydrogen) atoms. The molecule has 0 spiro atoms. The van der Waals surface area contributed by atoms with Gasteiger partial charge in [0, 0.05) is 11.0 Å². The normalized spacial score (nSPS) is 11.7. The van der Waals surface area contributed by atoms with E-state index < -0.39 is 0 Å². The lowest BCUT2D eigenvalue weighted by molar-refractivity contribution is 0.568. The Bertz CT molecular complexity index is 623. The molecule has 1 aromatic heterocycles. The van der Waals surface area contributed by atoms with Crippen LogP contribution in [-0.2, 0) is 5.41 Å². The molecule has 0 aliphatic rings. The van der Waals surface area contributed by atoms with Gasteiger partial charge in [0.15, 0.2) is 5.82 Å². The van der Waals surface area contributed by atoms with Crippen molar-refractivity contribution in [1.82, 2.24) is 9.97 Å². The first-order valence-electron chi connectivity index (χ1n) is 5.78. The maximum absolute atomic E-state index is 13.6. The standard InChI is InChI=1S/C14H13BrClFN2/c1-14(2,3)11-7-12(16)19-13(18-11)8-4-5-9(15)10(17)6-8/h4-7H,1-3H3. The summed E-state index contributed by atoms with van der Waals surface area (Å²) >= 11 is 9.14. The molecule has 1 heterocycles. The summed E-state index contributed by atoms with van der Waals surface area (Å²) in [5, 5.41) is 0.359. The van der Waals surface area contributed by atoms with Crippen molar-refractivity contribution < 1.29 is 4.39 Å². The smallest absolute Gasteiger partial charge is 0.161 e. The number of nitrogens with zero attached hydrogens (tertiary/aromatic N) is 2. The van der Waals surface area contributed by atoms with Gasteiger partial charge in [-0.05, 0) is 40.2 Å². The zero-order valence-corrected chi connectivity index (χ0v) is 13.2. The average molecular weight is 344 g/mol. The molecule has 0 aliphatic heterocycles. The molecule has 0 N–H and O–H groups in total. The van der Waals surface area contributed by atoms with Gasteiger partial charge in [-0.3, -0.25) is 0 Å². The monoisotopic (exact) mass is 342 g/mol. The van der Waals surface area contributed by atoms with E-state index in [1.807, 2.05) is 20.8 Å². The zero-order valence-electron chi connectivity index (χ0n) is 10.8. The van der Waals surface area contributed by atoms with Gasteiger partial charge < -0.3 is 0 Å². The summed E-state index contributed by atoms with van der Waals surface area (Å²) in [7, 11) is 0. The number of rotatable bonds is 1. The second-order valence-corrected chi connectivity index (χ2v) is 6.52. The number of aromatic nitrogens is 2. The lowest BCUT2D eigenvalue weighted by atomic mass is 9.92. The van der Waals surface area contributed by atoms with E-state index in [1.54, 1.807) is 18.2 Å². The summed E-state index contributed by atoms with van der Waals surface area (Å²) in [5.74, 6) is 0.0854. The second-order valence-electron chi connectivity index (χ2n) is 5.28. The van der Waals surface area contributed by atoms with E-state index in [9.17, 15) is 4.39 Å². The van der Waals surface area contributed by atoms with Crippen molar-refractivity contribution in [2.45, 2.75) is 26.2 Å². The third-order valence-electron chi connectivity index (χ3n) is 2.64. The molecule has 0 unspecified atom stereocenters. The highest BCUT2D eigenvalue weighted by atomic mass is 79.9. The highest BCUT2D eigenvalue weighted by molar-refractivity contribution is 9.10. The predicted octanol–water partition coefficient (Wildman–Crippen LogP) is 5.00. The molecule has 2 nitrogen and oxygen atoms in total. The van der Waals surface area contributed by atoms with Gasteiger partial charge in [0.1, 0.15) is 11.0 Å². The largest absolute Gasteiger partial charge is 0.232 e. The van der Waals surface area contributed by atoms with Gasteiger partial charge in [-0.15, -0.1) is 0 Å². The molecule has 2 rings (SSSR count). The molecule has 0 fully saturated rings. The average Bonchev–Trinajstić information content (AvgIpc) is 2.31. The highest BCUT2D eigenvalue weighted by Crippen LogP contribution is 2.27. The van der Waals surface area contributed by atoms with Gasteiger partial charge >= 0.3 is 0 Å². The van der Waals surface area contributed by atoms with E-state index in [4.69, 9.17) is 11.6 Å². The van der Waals surface area contributed by atoms with E-state index in [2.05, 4.69) is 25.9 Å². The molecule has 0 bridgehead atoms. The van der Waals surface area contributed by atoms with Crippen molar-refractivity contribution in [2.75, 3.05) is 0 Å². The third-order valence-corrected chi connectivity index (χ3v) is 3.48. The molecule has 1 aromatic carbocycles. The van der Waals surface area contributed by atoms with Crippen LogP contribution in [0.15, 0.2) is 28.7 Å². The molecule has 0 amide bonds. The minimum Gasteiger partial charge on any atom is -0.232 e. The Morgan fingerprint density at radius 2 is 1.84 bits per heavy atom. The Morgan fingerprint density at radius 1 is 1.16 bits per heavy atom. The first kappa shape index (κ1) is 14.4. The number of benzene rings is 1. The molecule has 0 saturated heterocycles. The second kappa shape index (κ2) is 5.17. The minimum atomic E-state index is -0.349. The van der Waals surface area contributed by atoms with Crippen molar-refractivity contribution in [3.8, 4) is 11.4 Å². The maximum Gasteiger partial charge on any atom is 0.161 e. The van der Waals surface area contributed by atoms with E-state index >= 15 is 0 Å². The summed E-state index contributed by atoms with van der Waals surface area (Å²) in [4.78, 5) is 8.63. The summed E-state index contributed by atoms with van der Waals surface area (Å²) in [6.45, 7) is 6.12. The molecule has 5 heteroatoms. The van der Waals surface area contributed by atoms with E-state index in [0.29, 0.717) is 21.0 Å². The van der Waals surface area contributed by atoms with Crippen molar-refractivity contribution in [3.63, 3.8) is 0 Å². The number of halogens is 3. The Balaban J connectivity index is 2.56. The minimum absolute atomic E-state index is 0.144. The van der Waals surface area contributed by atoms with Crippen LogP contribution < -0.4 is 0 Å². The molecule has 0 radical (unpaired) electrons. The predicted molar refractivity (Wildman–Crippen MR) is 78.8 cm³/mol. The Morgan fingerprint density at radius 3 is 2.42 bits per heavy atom. The van der Waals surface area contributed by atoms with Gasteiger partial charge in [0.05, 0.1) is 10.2 Å². The van der Waals surface area contributed by atoms with Crippen LogP contribution in [0.4, 0.5) is 4.39 Å². The molecule has 100 valence electrons. The SMILES string of the molecule is CC(C)(C)c1cc(Cl)nc(-c2ccc(Br)c(F)c2)n1. The number of hydrogen-bond acceptors (Lipinski definition) is 2. The van der Waals surface area contributed by atoms with Gasteiger partial charge in [-0.2, -0.15) is 0 Å². The van der Waals surface area contributed by atoms with Crippen molar-refractivity contribution in [3.05, 3.63) is 45.4 Å². The van der Waals surface area contributed by atoms with Crippen molar-refractivity contribution >= 4 is 27.5 Å². The fraction of sp³-hybridized carbons (Fsp3) is 0.286. The van der Waals surface area contributed by atoms with Crippen LogP contribution >= 0.6 is 27.5 Å². The van der Waals surface area contributed by atoms with Gasteiger partial charge in [-0.1, -0.05) is 32.4 Å². The van der Waals surface area contributed by atoms with E-state index in [1.165, 1.54) is 6.07 Å². The highest BCUT2D eigenvalue weighted by Gasteiger charge is 2.18. The van der Waals surface area contributed by atoms with Gasteiger partial charge in [0.2, 0.25) is 0 Å². The molecular weight excluding hydrogens is 331 g/mol. The number of hydrogen-bond donors (Lipinski definition) is 0. The van der Waals surface area contributed by atoms with Crippen LogP contribution in [0, 0.1) is 5.82 Å². The Labute approximate surface area is 125 Å². The van der Waals surface area contributed by atoms with Crippen LogP contribution in [0.5, 0.6) is 0 Å². The van der Waals surface area contributed by atoms with Gasteiger partial charge in [-0.25, -0.2) is 14.4 Å². The summed E-state index contributed by atoms with van der Waals surface area (Å²) < 4.78 is 14.0. The van der Waals surface area contributed by atoms with E-state index in [-0.39, 0.29) is 11.2 Å². The van der Waals surface area contributed by atoms with E-state index in [0.717, 1.165) is 5.69 Å². The molecule has 0 saturated carbocycles.